The molecule has 0 spiro atoms. The van der Waals surface area contributed by atoms with Crippen LogP contribution in [0.3, 0.4) is 0 Å². The van der Waals surface area contributed by atoms with E-state index < -0.39 is 5.97 Å². The Morgan fingerprint density at radius 2 is 2.00 bits per heavy atom. The number of fused-ring (bicyclic) bond motifs is 1. The van der Waals surface area contributed by atoms with Crippen LogP contribution in [0, 0.1) is 5.92 Å². The molecule has 2 fully saturated rings. The molecule has 3 rings (SSSR count). The van der Waals surface area contributed by atoms with Crippen LogP contribution in [-0.2, 0) is 0 Å². The van der Waals surface area contributed by atoms with Gasteiger partial charge in [-0.15, -0.1) is 0 Å². The van der Waals surface area contributed by atoms with Crippen LogP contribution in [-0.4, -0.2) is 30.8 Å². The minimum atomic E-state index is -0.856. The molecule has 1 saturated heterocycles. The molecule has 0 aromatic heterocycles. The number of methoxy groups -OCH3 is 1. The van der Waals surface area contributed by atoms with E-state index in [-0.39, 0.29) is 0 Å². The molecule has 0 amide bonds. The molecule has 0 unspecified atom stereocenters. The number of ether oxygens (including phenoxy) is 1. The Balaban J connectivity index is 1.98. The van der Waals surface area contributed by atoms with Gasteiger partial charge in [0.25, 0.3) is 0 Å². The SMILES string of the molecule is COc1ccc(C(=O)O)c(N2CCC[C@H]3CCCC[C@H]32)c1. The Hall–Kier alpha value is -1.71. The molecule has 1 heterocycles. The number of benzene rings is 1. The Labute approximate surface area is 125 Å². The number of carbonyl (C=O) groups is 1. The van der Waals surface area contributed by atoms with Crippen LogP contribution in [0.15, 0.2) is 18.2 Å². The second kappa shape index (κ2) is 5.96. The van der Waals surface area contributed by atoms with Gasteiger partial charge in [-0.2, -0.15) is 0 Å². The fraction of sp³-hybridized carbons (Fsp3) is 0.588. The molecule has 0 radical (unpaired) electrons. The van der Waals surface area contributed by atoms with Crippen LogP contribution in [0.25, 0.3) is 0 Å². The molecule has 1 aromatic rings. The second-order valence-corrected chi connectivity index (χ2v) is 6.14. The summed E-state index contributed by atoms with van der Waals surface area (Å²) in [5.41, 5.74) is 1.22. The summed E-state index contributed by atoms with van der Waals surface area (Å²) in [5, 5.41) is 9.49. The van der Waals surface area contributed by atoms with E-state index in [1.54, 1.807) is 19.2 Å². The maximum absolute atomic E-state index is 11.6. The minimum absolute atomic E-state index is 0.391. The number of hydrogen-bond donors (Lipinski definition) is 1. The summed E-state index contributed by atoms with van der Waals surface area (Å²) in [6.07, 6.45) is 7.47. The van der Waals surface area contributed by atoms with E-state index in [1.807, 2.05) is 6.07 Å². The molecule has 1 saturated carbocycles. The summed E-state index contributed by atoms with van der Waals surface area (Å²) in [7, 11) is 1.62. The first kappa shape index (κ1) is 14.2. The van der Waals surface area contributed by atoms with Crippen molar-refractivity contribution in [2.45, 2.75) is 44.6 Å². The quantitative estimate of drug-likeness (QED) is 0.924. The van der Waals surface area contributed by atoms with E-state index >= 15 is 0 Å². The summed E-state index contributed by atoms with van der Waals surface area (Å²) in [6.45, 7) is 0.953. The van der Waals surface area contributed by atoms with Gasteiger partial charge in [-0.3, -0.25) is 0 Å². The Bertz CT molecular complexity index is 527. The Morgan fingerprint density at radius 3 is 2.76 bits per heavy atom. The molecule has 0 bridgehead atoms. The second-order valence-electron chi connectivity index (χ2n) is 6.14. The summed E-state index contributed by atoms with van der Waals surface area (Å²) >= 11 is 0. The van der Waals surface area contributed by atoms with Gasteiger partial charge < -0.3 is 14.7 Å². The summed E-state index contributed by atoms with van der Waals surface area (Å²) in [4.78, 5) is 13.9. The molecular formula is C17H23NO3. The molecule has 4 heteroatoms. The summed E-state index contributed by atoms with van der Waals surface area (Å²) in [5.74, 6) is 0.596. The average molecular weight is 289 g/mol. The summed E-state index contributed by atoms with van der Waals surface area (Å²) in [6, 6.07) is 5.79. The Morgan fingerprint density at radius 1 is 1.24 bits per heavy atom. The van der Waals surface area contributed by atoms with Gasteiger partial charge in [0.15, 0.2) is 0 Å². The van der Waals surface area contributed by atoms with E-state index in [1.165, 1.54) is 32.1 Å². The molecule has 4 nitrogen and oxygen atoms in total. The van der Waals surface area contributed by atoms with Crippen LogP contribution in [0.1, 0.15) is 48.9 Å². The van der Waals surface area contributed by atoms with Crippen molar-refractivity contribution in [3.63, 3.8) is 0 Å². The third-order valence-electron chi connectivity index (χ3n) is 4.99. The van der Waals surface area contributed by atoms with Crippen LogP contribution in [0.2, 0.25) is 0 Å². The normalized spacial score (nSPS) is 25.3. The van der Waals surface area contributed by atoms with Crippen molar-refractivity contribution in [2.24, 2.45) is 5.92 Å². The van der Waals surface area contributed by atoms with Gasteiger partial charge in [0, 0.05) is 18.7 Å². The first-order valence-electron chi connectivity index (χ1n) is 7.88. The lowest BCUT2D eigenvalue weighted by Crippen LogP contribution is -2.47. The maximum atomic E-state index is 11.6. The molecule has 21 heavy (non-hydrogen) atoms. The van der Waals surface area contributed by atoms with Gasteiger partial charge in [0.2, 0.25) is 0 Å². The van der Waals surface area contributed by atoms with E-state index in [4.69, 9.17) is 4.74 Å². The molecule has 1 N–H and O–H groups in total. The van der Waals surface area contributed by atoms with E-state index in [0.29, 0.717) is 11.6 Å². The highest BCUT2D eigenvalue weighted by molar-refractivity contribution is 5.95. The number of nitrogens with zero attached hydrogens (tertiary/aromatic N) is 1. The first-order valence-corrected chi connectivity index (χ1v) is 7.88. The zero-order valence-electron chi connectivity index (χ0n) is 12.5. The molecular weight excluding hydrogens is 266 g/mol. The monoisotopic (exact) mass is 289 g/mol. The van der Waals surface area contributed by atoms with Crippen molar-refractivity contribution in [3.8, 4) is 5.75 Å². The van der Waals surface area contributed by atoms with Crippen molar-refractivity contribution in [3.05, 3.63) is 23.8 Å². The third-order valence-corrected chi connectivity index (χ3v) is 4.99. The van der Waals surface area contributed by atoms with Gasteiger partial charge in [0.1, 0.15) is 5.75 Å². The topological polar surface area (TPSA) is 49.8 Å². The van der Waals surface area contributed by atoms with E-state index in [0.717, 1.165) is 30.3 Å². The Kier molecular flexibility index (Phi) is 4.04. The first-order chi connectivity index (χ1) is 10.2. The third kappa shape index (κ3) is 2.71. The van der Waals surface area contributed by atoms with Crippen molar-refractivity contribution in [1.82, 2.24) is 0 Å². The standard InChI is InChI=1S/C17H23NO3/c1-21-13-8-9-14(17(19)20)16(11-13)18-10-4-6-12-5-2-3-7-15(12)18/h8-9,11-12,15H,2-7,10H2,1H3,(H,19,20)/t12-,15-/m1/s1. The molecule has 1 aliphatic carbocycles. The number of anilines is 1. The zero-order chi connectivity index (χ0) is 14.8. The number of rotatable bonds is 3. The van der Waals surface area contributed by atoms with Crippen LogP contribution >= 0.6 is 0 Å². The number of piperidine rings is 1. The van der Waals surface area contributed by atoms with E-state index in [9.17, 15) is 9.90 Å². The van der Waals surface area contributed by atoms with Gasteiger partial charge in [0.05, 0.1) is 18.4 Å². The van der Waals surface area contributed by atoms with Crippen LogP contribution in [0.4, 0.5) is 5.69 Å². The van der Waals surface area contributed by atoms with E-state index in [2.05, 4.69) is 4.90 Å². The van der Waals surface area contributed by atoms with Crippen molar-refractivity contribution >= 4 is 11.7 Å². The molecule has 2 atom stereocenters. The number of carboxylic acid groups (broad SMARTS) is 1. The zero-order valence-corrected chi connectivity index (χ0v) is 12.5. The van der Waals surface area contributed by atoms with Crippen molar-refractivity contribution in [2.75, 3.05) is 18.6 Å². The molecule has 114 valence electrons. The highest BCUT2D eigenvalue weighted by Crippen LogP contribution is 2.39. The number of carboxylic acids is 1. The summed E-state index contributed by atoms with van der Waals surface area (Å²) < 4.78 is 5.30. The van der Waals surface area contributed by atoms with Crippen LogP contribution < -0.4 is 9.64 Å². The fourth-order valence-electron chi connectivity index (χ4n) is 3.98. The van der Waals surface area contributed by atoms with Gasteiger partial charge in [-0.1, -0.05) is 12.8 Å². The predicted octanol–water partition coefficient (Wildman–Crippen LogP) is 3.55. The fourth-order valence-corrected chi connectivity index (χ4v) is 3.98. The lowest BCUT2D eigenvalue weighted by molar-refractivity contribution is 0.0697. The maximum Gasteiger partial charge on any atom is 0.337 e. The lowest BCUT2D eigenvalue weighted by Gasteiger charge is -2.45. The smallest absolute Gasteiger partial charge is 0.337 e. The molecule has 2 aliphatic rings. The van der Waals surface area contributed by atoms with Gasteiger partial charge in [-0.05, 0) is 43.7 Å². The molecule has 1 aromatic carbocycles. The highest BCUT2D eigenvalue weighted by Gasteiger charge is 2.34. The van der Waals surface area contributed by atoms with Crippen molar-refractivity contribution < 1.29 is 14.6 Å². The van der Waals surface area contributed by atoms with Gasteiger partial charge in [-0.25, -0.2) is 4.79 Å². The average Bonchev–Trinajstić information content (AvgIpc) is 2.53. The number of hydrogen-bond acceptors (Lipinski definition) is 3. The minimum Gasteiger partial charge on any atom is -0.497 e. The lowest BCUT2D eigenvalue weighted by atomic mass is 9.78. The largest absolute Gasteiger partial charge is 0.497 e. The predicted molar refractivity (Wildman–Crippen MR) is 82.3 cm³/mol. The van der Waals surface area contributed by atoms with Gasteiger partial charge >= 0.3 is 5.97 Å². The number of aromatic carboxylic acids is 1. The van der Waals surface area contributed by atoms with Crippen molar-refractivity contribution in [1.29, 1.82) is 0 Å². The molecule has 1 aliphatic heterocycles. The van der Waals surface area contributed by atoms with Crippen LogP contribution in [0.5, 0.6) is 5.75 Å². The highest BCUT2D eigenvalue weighted by atomic mass is 16.5.